The molecule has 0 aliphatic carbocycles. The van der Waals surface area contributed by atoms with Crippen molar-refractivity contribution in [2.24, 2.45) is 0 Å². The quantitative estimate of drug-likeness (QED) is 0.790. The number of hydrogen-bond acceptors (Lipinski definition) is 4. The highest BCUT2D eigenvalue weighted by Crippen LogP contribution is 2.13. The second-order valence-corrected chi connectivity index (χ2v) is 5.81. The lowest BCUT2D eigenvalue weighted by atomic mass is 10.4. The number of carbonyl (C=O) groups is 1. The Hall–Kier alpha value is -1.31. The number of benzene rings is 1. The molecule has 0 fully saturated rings. The lowest BCUT2D eigenvalue weighted by Crippen LogP contribution is -2.42. The number of sulfonamides is 1. The summed E-state index contributed by atoms with van der Waals surface area (Å²) in [4.78, 5) is 11.3. The lowest BCUT2D eigenvalue weighted by Gasteiger charge is -2.10. The second kappa shape index (κ2) is 6.58. The van der Waals surface area contributed by atoms with Gasteiger partial charge in [0.1, 0.15) is 0 Å². The van der Waals surface area contributed by atoms with E-state index in [9.17, 15) is 13.2 Å². The van der Waals surface area contributed by atoms with E-state index in [0.29, 0.717) is 5.02 Å². The zero-order valence-electron chi connectivity index (χ0n) is 10.1. The van der Waals surface area contributed by atoms with Crippen molar-refractivity contribution in [1.82, 2.24) is 16.2 Å². The van der Waals surface area contributed by atoms with E-state index < -0.39 is 16.1 Å². The maximum atomic E-state index is 11.7. The fourth-order valence-electron chi connectivity index (χ4n) is 1.09. The van der Waals surface area contributed by atoms with Crippen molar-refractivity contribution < 1.29 is 13.2 Å². The van der Waals surface area contributed by atoms with Crippen molar-refractivity contribution in [3.8, 4) is 0 Å². The first-order chi connectivity index (χ1) is 7.81. The molecule has 1 aromatic carbocycles. The number of rotatable bonds is 3. The van der Waals surface area contributed by atoms with Crippen molar-refractivity contribution in [2.45, 2.75) is 24.8 Å². The van der Waals surface area contributed by atoms with Crippen LogP contribution in [0, 0.1) is 0 Å². The first-order valence-corrected chi connectivity index (χ1v) is 6.76. The third-order valence-corrected chi connectivity index (χ3v) is 3.37. The number of hydrogen-bond donors (Lipinski definition) is 3. The van der Waals surface area contributed by atoms with E-state index in [-0.39, 0.29) is 17.1 Å². The summed E-state index contributed by atoms with van der Waals surface area (Å²) >= 11 is 5.64. The third-order valence-electron chi connectivity index (χ3n) is 1.77. The number of nitrogens with one attached hydrogen (secondary N) is 2. The van der Waals surface area contributed by atoms with E-state index in [1.165, 1.54) is 24.3 Å². The number of amides is 2. The molecule has 18 heavy (non-hydrogen) atoms. The van der Waals surface area contributed by atoms with Crippen LogP contribution in [-0.2, 0) is 10.0 Å². The molecule has 5 N–H and O–H groups in total. The molecule has 0 aliphatic heterocycles. The molecule has 0 unspecified atom stereocenters. The molecule has 0 spiro atoms. The SMILES string of the molecule is CC(C)NC(=O)NS(=O)(=O)c1ccc(Cl)cc1.N. The van der Waals surface area contributed by atoms with Crippen LogP contribution in [0.2, 0.25) is 5.02 Å². The molecular formula is C10H16ClN3O3S. The zero-order valence-corrected chi connectivity index (χ0v) is 11.7. The number of carbonyl (C=O) groups excluding carboxylic acids is 1. The van der Waals surface area contributed by atoms with Crippen molar-refractivity contribution in [3.05, 3.63) is 29.3 Å². The van der Waals surface area contributed by atoms with Gasteiger partial charge in [-0.05, 0) is 38.1 Å². The predicted molar refractivity (Wildman–Crippen MR) is 70.5 cm³/mol. The van der Waals surface area contributed by atoms with Crippen LogP contribution in [0.5, 0.6) is 0 Å². The van der Waals surface area contributed by atoms with Gasteiger partial charge in [-0.3, -0.25) is 0 Å². The van der Waals surface area contributed by atoms with Gasteiger partial charge in [0.05, 0.1) is 4.90 Å². The molecule has 0 aromatic heterocycles. The second-order valence-electron chi connectivity index (χ2n) is 3.69. The molecule has 1 aromatic rings. The van der Waals surface area contributed by atoms with E-state index in [1.807, 2.05) is 4.72 Å². The molecule has 0 atom stereocenters. The van der Waals surface area contributed by atoms with E-state index in [4.69, 9.17) is 11.6 Å². The van der Waals surface area contributed by atoms with E-state index >= 15 is 0 Å². The van der Waals surface area contributed by atoms with Crippen LogP contribution in [0.4, 0.5) is 4.79 Å². The van der Waals surface area contributed by atoms with Gasteiger partial charge in [-0.25, -0.2) is 17.9 Å². The van der Waals surface area contributed by atoms with Crippen LogP contribution in [0.3, 0.4) is 0 Å². The third kappa shape index (κ3) is 4.91. The summed E-state index contributed by atoms with van der Waals surface area (Å²) in [5.74, 6) is 0. The summed E-state index contributed by atoms with van der Waals surface area (Å²) in [5, 5.41) is 2.85. The fourth-order valence-corrected chi connectivity index (χ4v) is 2.13. The summed E-state index contributed by atoms with van der Waals surface area (Å²) in [6, 6.07) is 4.64. The van der Waals surface area contributed by atoms with Crippen molar-refractivity contribution in [1.29, 1.82) is 0 Å². The molecule has 102 valence electrons. The van der Waals surface area contributed by atoms with Gasteiger partial charge in [-0.15, -0.1) is 0 Å². The van der Waals surface area contributed by atoms with Gasteiger partial charge in [0.25, 0.3) is 10.0 Å². The molecule has 6 nitrogen and oxygen atoms in total. The van der Waals surface area contributed by atoms with Crippen molar-refractivity contribution in [2.75, 3.05) is 0 Å². The molecule has 1 rings (SSSR count). The standard InChI is InChI=1S/C10H13ClN2O3S.H3N/c1-7(2)12-10(14)13-17(15,16)9-5-3-8(11)4-6-9;/h3-7H,1-2H3,(H2,12,13,14);1H3. The van der Waals surface area contributed by atoms with E-state index in [0.717, 1.165) is 0 Å². The Morgan fingerprint density at radius 2 is 1.72 bits per heavy atom. The highest BCUT2D eigenvalue weighted by molar-refractivity contribution is 7.90. The Morgan fingerprint density at radius 1 is 1.22 bits per heavy atom. The van der Waals surface area contributed by atoms with Crippen LogP contribution in [0.1, 0.15) is 13.8 Å². The van der Waals surface area contributed by atoms with Crippen LogP contribution in [0.25, 0.3) is 0 Å². The average molecular weight is 294 g/mol. The summed E-state index contributed by atoms with van der Waals surface area (Å²) in [7, 11) is -3.84. The van der Waals surface area contributed by atoms with Gasteiger partial charge in [0.15, 0.2) is 0 Å². The summed E-state index contributed by atoms with van der Waals surface area (Å²) < 4.78 is 25.3. The highest BCUT2D eigenvalue weighted by atomic mass is 35.5. The number of urea groups is 1. The van der Waals surface area contributed by atoms with Gasteiger partial charge >= 0.3 is 6.03 Å². The van der Waals surface area contributed by atoms with Gasteiger partial charge < -0.3 is 11.5 Å². The van der Waals surface area contributed by atoms with E-state index in [1.54, 1.807) is 13.8 Å². The summed E-state index contributed by atoms with van der Waals surface area (Å²) in [6.07, 6.45) is 0. The molecule has 0 saturated carbocycles. The molecule has 8 heteroatoms. The molecule has 0 bridgehead atoms. The smallest absolute Gasteiger partial charge is 0.328 e. The topological polar surface area (TPSA) is 110 Å². The van der Waals surface area contributed by atoms with Gasteiger partial charge in [-0.1, -0.05) is 11.6 Å². The Kier molecular flexibility index (Phi) is 6.10. The maximum Gasteiger partial charge on any atom is 0.328 e. The molecular weight excluding hydrogens is 278 g/mol. The fraction of sp³-hybridized carbons (Fsp3) is 0.300. The predicted octanol–water partition coefficient (Wildman–Crippen LogP) is 1.90. The van der Waals surface area contributed by atoms with Crippen LogP contribution in [-0.4, -0.2) is 20.5 Å². The van der Waals surface area contributed by atoms with Crippen LogP contribution >= 0.6 is 11.6 Å². The summed E-state index contributed by atoms with van der Waals surface area (Å²) in [6.45, 7) is 3.46. The molecule has 0 saturated heterocycles. The van der Waals surface area contributed by atoms with E-state index in [2.05, 4.69) is 5.32 Å². The zero-order chi connectivity index (χ0) is 13.1. The van der Waals surface area contributed by atoms with Gasteiger partial charge in [-0.2, -0.15) is 0 Å². The number of halogens is 1. The largest absolute Gasteiger partial charge is 0.344 e. The Labute approximate surface area is 111 Å². The van der Waals surface area contributed by atoms with Crippen molar-refractivity contribution in [3.63, 3.8) is 0 Å². The Morgan fingerprint density at radius 3 is 2.17 bits per heavy atom. The molecule has 0 radical (unpaired) electrons. The molecule has 0 aliphatic rings. The molecule has 2 amide bonds. The Bertz CT molecular complexity index is 500. The minimum absolute atomic E-state index is 0. The maximum absolute atomic E-state index is 11.7. The summed E-state index contributed by atoms with van der Waals surface area (Å²) in [5.41, 5.74) is 0. The van der Waals surface area contributed by atoms with Crippen LogP contribution in [0.15, 0.2) is 29.2 Å². The molecule has 0 heterocycles. The first kappa shape index (κ1) is 16.7. The lowest BCUT2D eigenvalue weighted by molar-refractivity contribution is 0.243. The average Bonchev–Trinajstić information content (AvgIpc) is 2.15. The van der Waals surface area contributed by atoms with Crippen LogP contribution < -0.4 is 16.2 Å². The van der Waals surface area contributed by atoms with Gasteiger partial charge in [0, 0.05) is 11.1 Å². The van der Waals surface area contributed by atoms with Crippen molar-refractivity contribution >= 4 is 27.7 Å². The highest BCUT2D eigenvalue weighted by Gasteiger charge is 2.17. The first-order valence-electron chi connectivity index (χ1n) is 4.90. The normalized spacial score (nSPS) is 10.7. The monoisotopic (exact) mass is 293 g/mol. The minimum Gasteiger partial charge on any atom is -0.344 e. The minimum atomic E-state index is -3.84. The Balaban J connectivity index is 0.00000289. The van der Waals surface area contributed by atoms with Gasteiger partial charge in [0.2, 0.25) is 0 Å².